The molecule has 0 bridgehead atoms. The number of aliphatic hydroxyl groups excluding tert-OH is 1. The Balaban J connectivity index is 2.63. The van der Waals surface area contributed by atoms with Crippen molar-refractivity contribution in [3.05, 3.63) is 18.0 Å². The fraction of sp³-hybridized carbons (Fsp3) is 0.667. The molecule has 1 heterocycles. The van der Waals surface area contributed by atoms with Gasteiger partial charge in [0, 0.05) is 24.8 Å². The van der Waals surface area contributed by atoms with Gasteiger partial charge in [-0.2, -0.15) is 5.10 Å². The van der Waals surface area contributed by atoms with Gasteiger partial charge in [-0.3, -0.25) is 4.68 Å². The van der Waals surface area contributed by atoms with Crippen molar-refractivity contribution in [2.75, 3.05) is 6.61 Å². The van der Waals surface area contributed by atoms with E-state index in [4.69, 9.17) is 5.11 Å². The average molecular weight is 168 g/mol. The Morgan fingerprint density at radius 1 is 1.58 bits per heavy atom. The van der Waals surface area contributed by atoms with Crippen LogP contribution < -0.4 is 0 Å². The first-order chi connectivity index (χ1) is 5.53. The molecule has 12 heavy (non-hydrogen) atoms. The summed E-state index contributed by atoms with van der Waals surface area (Å²) in [5.41, 5.74) is 0.932. The summed E-state index contributed by atoms with van der Waals surface area (Å²) in [6.45, 7) is 6.94. The highest BCUT2D eigenvalue weighted by atomic mass is 16.3. The molecule has 3 heteroatoms. The maximum Gasteiger partial charge on any atom is 0.0593 e. The molecular formula is C9H16N2O. The van der Waals surface area contributed by atoms with E-state index in [1.807, 2.05) is 37.7 Å². The van der Waals surface area contributed by atoms with E-state index >= 15 is 0 Å². The highest BCUT2D eigenvalue weighted by Gasteiger charge is 2.17. The SMILES string of the molecule is Cc1ccn(CC(C)(C)CO)n1. The number of rotatable bonds is 3. The van der Waals surface area contributed by atoms with Crippen LogP contribution in [0.1, 0.15) is 19.5 Å². The zero-order valence-corrected chi connectivity index (χ0v) is 7.91. The highest BCUT2D eigenvalue weighted by Crippen LogP contribution is 2.15. The minimum atomic E-state index is -0.0849. The third-order valence-corrected chi connectivity index (χ3v) is 1.79. The van der Waals surface area contributed by atoms with Crippen LogP contribution in [0.2, 0.25) is 0 Å². The summed E-state index contributed by atoms with van der Waals surface area (Å²) in [5, 5.41) is 13.3. The minimum Gasteiger partial charge on any atom is -0.396 e. The molecule has 68 valence electrons. The molecule has 0 saturated heterocycles. The number of aliphatic hydroxyl groups is 1. The topological polar surface area (TPSA) is 38.0 Å². The van der Waals surface area contributed by atoms with Crippen molar-refractivity contribution in [1.82, 2.24) is 9.78 Å². The Labute approximate surface area is 73.0 Å². The lowest BCUT2D eigenvalue weighted by Gasteiger charge is -2.20. The third kappa shape index (κ3) is 2.34. The molecule has 0 fully saturated rings. The summed E-state index contributed by atoms with van der Waals surface area (Å²) >= 11 is 0. The van der Waals surface area contributed by atoms with Gasteiger partial charge in [0.05, 0.1) is 5.69 Å². The largest absolute Gasteiger partial charge is 0.396 e. The molecule has 0 aliphatic rings. The fourth-order valence-corrected chi connectivity index (χ4v) is 1.04. The van der Waals surface area contributed by atoms with Crippen LogP contribution in [0.25, 0.3) is 0 Å². The number of aryl methyl sites for hydroxylation is 1. The zero-order valence-electron chi connectivity index (χ0n) is 7.91. The summed E-state index contributed by atoms with van der Waals surface area (Å²) in [6.07, 6.45) is 1.94. The van der Waals surface area contributed by atoms with Crippen LogP contribution >= 0.6 is 0 Å². The predicted molar refractivity (Wildman–Crippen MR) is 47.8 cm³/mol. The normalized spacial score (nSPS) is 12.0. The van der Waals surface area contributed by atoms with E-state index in [1.165, 1.54) is 0 Å². The standard InChI is InChI=1S/C9H16N2O/c1-8-4-5-11(10-8)6-9(2,3)7-12/h4-5,12H,6-7H2,1-3H3. The first-order valence-corrected chi connectivity index (χ1v) is 4.14. The van der Waals surface area contributed by atoms with Crippen molar-refractivity contribution in [3.8, 4) is 0 Å². The molecule has 0 unspecified atom stereocenters. The van der Waals surface area contributed by atoms with Gasteiger partial charge in [0.2, 0.25) is 0 Å². The van der Waals surface area contributed by atoms with Crippen molar-refractivity contribution in [1.29, 1.82) is 0 Å². The predicted octanol–water partition coefficient (Wildman–Crippen LogP) is 1.21. The van der Waals surface area contributed by atoms with Gasteiger partial charge in [-0.1, -0.05) is 13.8 Å². The van der Waals surface area contributed by atoms with E-state index in [9.17, 15) is 0 Å². The Hall–Kier alpha value is -0.830. The molecule has 0 aromatic carbocycles. The molecule has 0 spiro atoms. The monoisotopic (exact) mass is 168 g/mol. The first kappa shape index (κ1) is 9.26. The smallest absolute Gasteiger partial charge is 0.0593 e. The maximum atomic E-state index is 9.02. The van der Waals surface area contributed by atoms with Crippen LogP contribution in [-0.4, -0.2) is 21.5 Å². The second-order valence-corrected chi connectivity index (χ2v) is 3.98. The van der Waals surface area contributed by atoms with Gasteiger partial charge in [-0.05, 0) is 13.0 Å². The molecule has 3 nitrogen and oxygen atoms in total. The van der Waals surface area contributed by atoms with Crippen LogP contribution in [0, 0.1) is 12.3 Å². The molecule has 0 amide bonds. The molecule has 0 aliphatic carbocycles. The lowest BCUT2D eigenvalue weighted by atomic mass is 9.95. The van der Waals surface area contributed by atoms with Gasteiger partial charge in [-0.25, -0.2) is 0 Å². The van der Waals surface area contributed by atoms with Crippen LogP contribution in [0.5, 0.6) is 0 Å². The summed E-state index contributed by atoms with van der Waals surface area (Å²) in [7, 11) is 0. The molecule has 0 aliphatic heterocycles. The molecule has 1 aromatic rings. The summed E-state index contributed by atoms with van der Waals surface area (Å²) < 4.78 is 1.87. The summed E-state index contributed by atoms with van der Waals surface area (Å²) in [6, 6.07) is 1.97. The van der Waals surface area contributed by atoms with E-state index in [2.05, 4.69) is 5.10 Å². The minimum absolute atomic E-state index is 0.0849. The van der Waals surface area contributed by atoms with Gasteiger partial charge >= 0.3 is 0 Å². The van der Waals surface area contributed by atoms with Crippen molar-refractivity contribution in [3.63, 3.8) is 0 Å². The highest BCUT2D eigenvalue weighted by molar-refractivity contribution is 4.95. The first-order valence-electron chi connectivity index (χ1n) is 4.14. The quantitative estimate of drug-likeness (QED) is 0.736. The van der Waals surface area contributed by atoms with E-state index < -0.39 is 0 Å². The van der Waals surface area contributed by atoms with E-state index in [-0.39, 0.29) is 12.0 Å². The lowest BCUT2D eigenvalue weighted by Crippen LogP contribution is -2.24. The summed E-state index contributed by atoms with van der Waals surface area (Å²) in [5.74, 6) is 0. The second-order valence-electron chi connectivity index (χ2n) is 3.98. The molecule has 1 aromatic heterocycles. The number of hydrogen-bond acceptors (Lipinski definition) is 2. The van der Waals surface area contributed by atoms with E-state index in [0.717, 1.165) is 12.2 Å². The molecular weight excluding hydrogens is 152 g/mol. The fourth-order valence-electron chi connectivity index (χ4n) is 1.04. The maximum absolute atomic E-state index is 9.02. The molecule has 1 N–H and O–H groups in total. The van der Waals surface area contributed by atoms with Crippen molar-refractivity contribution < 1.29 is 5.11 Å². The van der Waals surface area contributed by atoms with Gasteiger partial charge in [0.25, 0.3) is 0 Å². The van der Waals surface area contributed by atoms with Crippen LogP contribution in [0.15, 0.2) is 12.3 Å². The Morgan fingerprint density at radius 3 is 2.67 bits per heavy atom. The van der Waals surface area contributed by atoms with Crippen LogP contribution in [0.3, 0.4) is 0 Å². The second kappa shape index (κ2) is 3.27. The third-order valence-electron chi connectivity index (χ3n) is 1.79. The van der Waals surface area contributed by atoms with Gasteiger partial charge in [0.15, 0.2) is 0 Å². The molecule has 0 saturated carbocycles. The van der Waals surface area contributed by atoms with E-state index in [1.54, 1.807) is 0 Å². The molecule has 0 radical (unpaired) electrons. The van der Waals surface area contributed by atoms with Gasteiger partial charge < -0.3 is 5.11 Å². The molecule has 1 rings (SSSR count). The van der Waals surface area contributed by atoms with Crippen molar-refractivity contribution in [2.24, 2.45) is 5.41 Å². The average Bonchev–Trinajstić information content (AvgIpc) is 2.35. The van der Waals surface area contributed by atoms with Gasteiger partial charge in [0.1, 0.15) is 0 Å². The van der Waals surface area contributed by atoms with Crippen molar-refractivity contribution in [2.45, 2.75) is 27.3 Å². The Kier molecular flexibility index (Phi) is 2.52. The summed E-state index contributed by atoms with van der Waals surface area (Å²) in [4.78, 5) is 0. The number of nitrogens with zero attached hydrogens (tertiary/aromatic N) is 2. The molecule has 0 atom stereocenters. The van der Waals surface area contributed by atoms with Gasteiger partial charge in [-0.15, -0.1) is 0 Å². The Morgan fingerprint density at radius 2 is 2.25 bits per heavy atom. The zero-order chi connectivity index (χ0) is 9.19. The number of aromatic nitrogens is 2. The van der Waals surface area contributed by atoms with Crippen LogP contribution in [-0.2, 0) is 6.54 Å². The van der Waals surface area contributed by atoms with Crippen molar-refractivity contribution >= 4 is 0 Å². The van der Waals surface area contributed by atoms with Crippen LogP contribution in [0.4, 0.5) is 0 Å². The van der Waals surface area contributed by atoms with E-state index in [0.29, 0.717) is 0 Å². The lowest BCUT2D eigenvalue weighted by molar-refractivity contribution is 0.136. The number of hydrogen-bond donors (Lipinski definition) is 1. The Bertz CT molecular complexity index is 253.